The van der Waals surface area contributed by atoms with Crippen molar-refractivity contribution in [2.75, 3.05) is 0 Å². The maximum Gasteiger partial charge on any atom is 0.407 e. The number of benzene rings is 2. The third kappa shape index (κ3) is 6.14. The van der Waals surface area contributed by atoms with E-state index in [0.29, 0.717) is 17.3 Å². The maximum absolute atomic E-state index is 14.1. The van der Waals surface area contributed by atoms with E-state index >= 15 is 0 Å². The van der Waals surface area contributed by atoms with Gasteiger partial charge >= 0.3 is 6.09 Å². The van der Waals surface area contributed by atoms with Gasteiger partial charge in [0.05, 0.1) is 0 Å². The average Bonchev–Trinajstić information content (AvgIpc) is 3.11. The predicted molar refractivity (Wildman–Crippen MR) is 107 cm³/mol. The molecular formula is C22H24FN3O3. The SMILES string of the molecule is CC(C)(C)OC(=O)NC(Cc1nc(-c2ccccc2)no1)Cc1ccccc1F. The van der Waals surface area contributed by atoms with Crippen LogP contribution in [0.15, 0.2) is 59.1 Å². The first-order valence-corrected chi connectivity index (χ1v) is 9.41. The molecule has 1 unspecified atom stereocenters. The molecular weight excluding hydrogens is 373 g/mol. The minimum Gasteiger partial charge on any atom is -0.444 e. The summed E-state index contributed by atoms with van der Waals surface area (Å²) in [6, 6.07) is 15.4. The third-order valence-electron chi connectivity index (χ3n) is 4.07. The highest BCUT2D eigenvalue weighted by Crippen LogP contribution is 2.17. The summed E-state index contributed by atoms with van der Waals surface area (Å²) < 4.78 is 24.8. The largest absolute Gasteiger partial charge is 0.444 e. The van der Waals surface area contributed by atoms with Crippen molar-refractivity contribution < 1.29 is 18.4 Å². The first-order valence-electron chi connectivity index (χ1n) is 9.41. The van der Waals surface area contributed by atoms with Crippen molar-refractivity contribution in [3.63, 3.8) is 0 Å². The zero-order valence-corrected chi connectivity index (χ0v) is 16.7. The van der Waals surface area contributed by atoms with Crippen molar-refractivity contribution in [3.05, 3.63) is 71.9 Å². The number of hydrogen-bond acceptors (Lipinski definition) is 5. The summed E-state index contributed by atoms with van der Waals surface area (Å²) >= 11 is 0. The van der Waals surface area contributed by atoms with Crippen molar-refractivity contribution in [2.45, 2.75) is 45.3 Å². The Labute approximate surface area is 169 Å². The quantitative estimate of drug-likeness (QED) is 0.660. The standard InChI is InChI=1S/C22H24FN3O3/c1-22(2,3)28-21(27)24-17(13-16-11-7-8-12-18(16)23)14-19-25-20(26-29-19)15-9-5-4-6-10-15/h4-12,17H,13-14H2,1-3H3,(H,24,27). The van der Waals surface area contributed by atoms with Crippen LogP contribution in [0, 0.1) is 5.82 Å². The van der Waals surface area contributed by atoms with E-state index < -0.39 is 17.7 Å². The smallest absolute Gasteiger partial charge is 0.407 e. The molecule has 7 heteroatoms. The molecule has 0 aliphatic heterocycles. The summed E-state index contributed by atoms with van der Waals surface area (Å²) in [5.41, 5.74) is 0.669. The minimum atomic E-state index is -0.641. The Morgan fingerprint density at radius 1 is 1.10 bits per heavy atom. The number of ether oxygens (including phenoxy) is 1. The molecule has 0 bridgehead atoms. The molecule has 0 radical (unpaired) electrons. The first kappa shape index (κ1) is 20.5. The summed E-state index contributed by atoms with van der Waals surface area (Å²) in [7, 11) is 0. The Balaban J connectivity index is 1.76. The molecule has 1 aromatic heterocycles. The fourth-order valence-electron chi connectivity index (χ4n) is 2.83. The summed E-state index contributed by atoms with van der Waals surface area (Å²) in [4.78, 5) is 16.7. The van der Waals surface area contributed by atoms with E-state index in [9.17, 15) is 9.18 Å². The molecule has 1 N–H and O–H groups in total. The Kier molecular flexibility index (Phi) is 6.26. The number of carbonyl (C=O) groups is 1. The molecule has 2 aromatic carbocycles. The number of amides is 1. The Morgan fingerprint density at radius 2 is 1.79 bits per heavy atom. The molecule has 1 atom stereocenters. The van der Waals surface area contributed by atoms with Crippen molar-refractivity contribution in [2.24, 2.45) is 0 Å². The molecule has 1 heterocycles. The lowest BCUT2D eigenvalue weighted by Crippen LogP contribution is -2.41. The fourth-order valence-corrected chi connectivity index (χ4v) is 2.83. The lowest BCUT2D eigenvalue weighted by Gasteiger charge is -2.23. The van der Waals surface area contributed by atoms with E-state index in [1.165, 1.54) is 6.07 Å². The van der Waals surface area contributed by atoms with Gasteiger partial charge in [0.2, 0.25) is 11.7 Å². The van der Waals surface area contributed by atoms with Crippen LogP contribution in [0.1, 0.15) is 32.2 Å². The normalized spacial score (nSPS) is 12.4. The summed E-state index contributed by atoms with van der Waals surface area (Å²) in [6.45, 7) is 5.34. The van der Waals surface area contributed by atoms with Gasteiger partial charge in [0.15, 0.2) is 0 Å². The van der Waals surface area contributed by atoms with Gasteiger partial charge in [-0.15, -0.1) is 0 Å². The van der Waals surface area contributed by atoms with Crippen LogP contribution in [0.5, 0.6) is 0 Å². The number of hydrogen-bond donors (Lipinski definition) is 1. The van der Waals surface area contributed by atoms with Gasteiger partial charge in [0.1, 0.15) is 11.4 Å². The van der Waals surface area contributed by atoms with Gasteiger partial charge in [-0.3, -0.25) is 0 Å². The molecule has 0 spiro atoms. The highest BCUT2D eigenvalue weighted by molar-refractivity contribution is 5.68. The van der Waals surface area contributed by atoms with E-state index in [0.717, 1.165) is 5.56 Å². The van der Waals surface area contributed by atoms with E-state index in [-0.39, 0.29) is 18.7 Å². The number of rotatable bonds is 6. The molecule has 0 aliphatic rings. The highest BCUT2D eigenvalue weighted by Gasteiger charge is 2.23. The molecule has 6 nitrogen and oxygen atoms in total. The first-order chi connectivity index (χ1) is 13.8. The maximum atomic E-state index is 14.1. The summed E-state index contributed by atoms with van der Waals surface area (Å²) in [6.07, 6.45) is -0.0795. The average molecular weight is 397 g/mol. The van der Waals surface area contributed by atoms with Crippen LogP contribution in [-0.2, 0) is 17.6 Å². The van der Waals surface area contributed by atoms with Gasteiger partial charge in [-0.1, -0.05) is 53.7 Å². The zero-order chi connectivity index (χ0) is 20.9. The second-order valence-electron chi connectivity index (χ2n) is 7.72. The van der Waals surface area contributed by atoms with Crippen LogP contribution in [0.2, 0.25) is 0 Å². The van der Waals surface area contributed by atoms with Gasteiger partial charge in [-0.05, 0) is 38.8 Å². The summed E-state index contributed by atoms with van der Waals surface area (Å²) in [5, 5.41) is 6.79. The number of nitrogens with one attached hydrogen (secondary N) is 1. The van der Waals surface area contributed by atoms with E-state index in [4.69, 9.17) is 9.26 Å². The Bertz CT molecular complexity index is 951. The van der Waals surface area contributed by atoms with Gasteiger partial charge in [-0.2, -0.15) is 4.98 Å². The van der Waals surface area contributed by atoms with Crippen LogP contribution in [0.25, 0.3) is 11.4 Å². The number of halogens is 1. The van der Waals surface area contributed by atoms with Gasteiger partial charge in [0, 0.05) is 18.0 Å². The second-order valence-corrected chi connectivity index (χ2v) is 7.72. The Hall–Kier alpha value is -3.22. The van der Waals surface area contributed by atoms with Crippen LogP contribution < -0.4 is 5.32 Å². The lowest BCUT2D eigenvalue weighted by atomic mass is 10.0. The molecule has 0 aliphatic carbocycles. The van der Waals surface area contributed by atoms with Gasteiger partial charge in [-0.25, -0.2) is 9.18 Å². The van der Waals surface area contributed by atoms with Crippen molar-refractivity contribution in [3.8, 4) is 11.4 Å². The number of aromatic nitrogens is 2. The fraction of sp³-hybridized carbons (Fsp3) is 0.318. The van der Waals surface area contributed by atoms with Crippen LogP contribution >= 0.6 is 0 Å². The topological polar surface area (TPSA) is 77.2 Å². The second kappa shape index (κ2) is 8.86. The highest BCUT2D eigenvalue weighted by atomic mass is 19.1. The number of alkyl carbamates (subject to hydrolysis) is 1. The molecule has 1 amide bonds. The van der Waals surface area contributed by atoms with E-state index in [2.05, 4.69) is 15.5 Å². The number of nitrogens with zero attached hydrogens (tertiary/aromatic N) is 2. The predicted octanol–water partition coefficient (Wildman–Crippen LogP) is 4.55. The molecule has 0 fully saturated rings. The van der Waals surface area contributed by atoms with E-state index in [1.54, 1.807) is 39.0 Å². The molecule has 0 saturated carbocycles. The third-order valence-corrected chi connectivity index (χ3v) is 4.07. The molecule has 29 heavy (non-hydrogen) atoms. The van der Waals surface area contributed by atoms with Crippen molar-refractivity contribution >= 4 is 6.09 Å². The monoisotopic (exact) mass is 397 g/mol. The van der Waals surface area contributed by atoms with Crippen LogP contribution in [-0.4, -0.2) is 27.9 Å². The van der Waals surface area contributed by atoms with Crippen LogP contribution in [0.4, 0.5) is 9.18 Å². The van der Waals surface area contributed by atoms with E-state index in [1.807, 2.05) is 30.3 Å². The van der Waals surface area contributed by atoms with Gasteiger partial charge in [0.25, 0.3) is 0 Å². The van der Waals surface area contributed by atoms with Crippen molar-refractivity contribution in [1.82, 2.24) is 15.5 Å². The minimum absolute atomic E-state index is 0.243. The lowest BCUT2D eigenvalue weighted by molar-refractivity contribution is 0.0502. The molecule has 3 aromatic rings. The molecule has 0 saturated heterocycles. The van der Waals surface area contributed by atoms with Gasteiger partial charge < -0.3 is 14.6 Å². The van der Waals surface area contributed by atoms with Crippen LogP contribution in [0.3, 0.4) is 0 Å². The van der Waals surface area contributed by atoms with Crippen molar-refractivity contribution in [1.29, 1.82) is 0 Å². The zero-order valence-electron chi connectivity index (χ0n) is 16.7. The Morgan fingerprint density at radius 3 is 2.48 bits per heavy atom. The molecule has 152 valence electrons. The summed E-state index contributed by atoms with van der Waals surface area (Å²) in [5.74, 6) is 0.475. The number of carbonyl (C=O) groups excluding carboxylic acids is 1. The molecule has 3 rings (SSSR count).